The molecule has 2 heterocycles. The Morgan fingerprint density at radius 2 is 1.81 bits per heavy atom. The number of morpholine rings is 2. The second kappa shape index (κ2) is 10.7. The van der Waals surface area contributed by atoms with Gasteiger partial charge in [0.05, 0.1) is 29.1 Å². The van der Waals surface area contributed by atoms with E-state index in [4.69, 9.17) is 14.7 Å². The van der Waals surface area contributed by atoms with Crippen LogP contribution in [0.1, 0.15) is 19.4 Å². The summed E-state index contributed by atoms with van der Waals surface area (Å²) in [6.45, 7) is 8.00. The number of fused-ring (bicyclic) bond motifs is 2. The monoisotopic (exact) mass is 452 g/mol. The predicted molar refractivity (Wildman–Crippen MR) is 116 cm³/mol. The molecule has 1 aromatic carbocycles. The number of nitrogens with zero attached hydrogens (tertiary/aromatic N) is 3. The lowest BCUT2D eigenvalue weighted by atomic mass is 10.1. The number of benzene rings is 1. The first-order valence-electron chi connectivity index (χ1n) is 10.6. The number of sulfonamides is 1. The Balaban J connectivity index is 1.39. The van der Waals surface area contributed by atoms with Crippen LogP contribution in [0.5, 0.6) is 5.75 Å². The zero-order chi connectivity index (χ0) is 22.4. The lowest BCUT2D eigenvalue weighted by molar-refractivity contribution is -0.142. The molecule has 10 heteroatoms. The van der Waals surface area contributed by atoms with Gasteiger partial charge in [0.1, 0.15) is 18.5 Å². The first-order valence-corrected chi connectivity index (χ1v) is 12.2. The average molecular weight is 453 g/mol. The lowest BCUT2D eigenvalue weighted by Crippen LogP contribution is -2.61. The Morgan fingerprint density at radius 3 is 2.39 bits per heavy atom. The summed E-state index contributed by atoms with van der Waals surface area (Å²) in [6.07, 6.45) is -0.544. The van der Waals surface area contributed by atoms with E-state index >= 15 is 0 Å². The molecule has 2 N–H and O–H groups in total. The topological polar surface area (TPSA) is 115 Å². The Labute approximate surface area is 184 Å². The van der Waals surface area contributed by atoms with Crippen molar-refractivity contribution in [1.29, 1.82) is 5.26 Å². The van der Waals surface area contributed by atoms with Gasteiger partial charge in [-0.15, -0.1) is 0 Å². The highest BCUT2D eigenvalue weighted by molar-refractivity contribution is 7.90. The fourth-order valence-electron chi connectivity index (χ4n) is 3.87. The molecule has 2 fully saturated rings. The van der Waals surface area contributed by atoms with E-state index in [2.05, 4.69) is 20.6 Å². The first-order chi connectivity index (χ1) is 14.7. The molecule has 2 aliphatic rings. The zero-order valence-corrected chi connectivity index (χ0v) is 18.9. The fraction of sp³-hybridized carbons (Fsp3) is 0.667. The summed E-state index contributed by atoms with van der Waals surface area (Å²) in [5.74, 6) is 0.626. The number of aliphatic hydroxyl groups excluding tert-OH is 1. The third kappa shape index (κ3) is 7.14. The van der Waals surface area contributed by atoms with Crippen LogP contribution in [0.2, 0.25) is 0 Å². The summed E-state index contributed by atoms with van der Waals surface area (Å²) in [5.41, 5.74) is 0.569. The molecule has 2 aliphatic heterocycles. The minimum absolute atomic E-state index is 0.0425. The maximum atomic E-state index is 11.9. The Kier molecular flexibility index (Phi) is 8.27. The third-order valence-electron chi connectivity index (χ3n) is 5.48. The van der Waals surface area contributed by atoms with Crippen LogP contribution in [0.4, 0.5) is 0 Å². The number of hydrogen-bond donors (Lipinski definition) is 2. The summed E-state index contributed by atoms with van der Waals surface area (Å²) in [5, 5.41) is 18.8. The van der Waals surface area contributed by atoms with Gasteiger partial charge in [0, 0.05) is 45.8 Å². The highest BCUT2D eigenvalue weighted by atomic mass is 32.2. The van der Waals surface area contributed by atoms with E-state index in [1.165, 1.54) is 0 Å². The molecule has 0 spiro atoms. The van der Waals surface area contributed by atoms with Crippen LogP contribution in [-0.2, 0) is 14.8 Å². The van der Waals surface area contributed by atoms with Crippen LogP contribution < -0.4 is 9.46 Å². The van der Waals surface area contributed by atoms with Gasteiger partial charge in [-0.2, -0.15) is 5.26 Å². The van der Waals surface area contributed by atoms with Gasteiger partial charge in [0.15, 0.2) is 0 Å². The van der Waals surface area contributed by atoms with E-state index in [0.717, 1.165) is 26.2 Å². The minimum Gasteiger partial charge on any atom is -0.491 e. The molecule has 2 bridgehead atoms. The van der Waals surface area contributed by atoms with Gasteiger partial charge >= 0.3 is 0 Å². The molecule has 0 saturated carbocycles. The predicted octanol–water partition coefficient (Wildman–Crippen LogP) is 0.0108. The summed E-state index contributed by atoms with van der Waals surface area (Å²) < 4.78 is 38.1. The maximum Gasteiger partial charge on any atom is 0.213 e. The average Bonchev–Trinajstić information content (AvgIpc) is 2.72. The molecule has 1 aromatic rings. The van der Waals surface area contributed by atoms with Crippen LogP contribution in [0, 0.1) is 11.3 Å². The smallest absolute Gasteiger partial charge is 0.213 e. The normalized spacial score (nSPS) is 23.5. The number of ether oxygens (including phenoxy) is 2. The standard InChI is InChI=1S/C21H32N4O5S/c1-16(2)31(27,28)23-7-8-24-11-20-13-25(14-21(12-24)30-20)10-18(26)15-29-19-5-3-17(9-22)4-6-19/h3-6,16,18,20-21,23,26H,7-8,10-15H2,1-2H3/t18-,20?,21?/m0/s1. The van der Waals surface area contributed by atoms with E-state index in [1.807, 2.05) is 0 Å². The summed E-state index contributed by atoms with van der Waals surface area (Å²) in [6, 6.07) is 8.88. The van der Waals surface area contributed by atoms with Gasteiger partial charge in [-0.05, 0) is 38.1 Å². The Morgan fingerprint density at radius 1 is 1.19 bits per heavy atom. The van der Waals surface area contributed by atoms with Crippen LogP contribution in [-0.4, -0.2) is 99.3 Å². The van der Waals surface area contributed by atoms with Crippen molar-refractivity contribution in [1.82, 2.24) is 14.5 Å². The molecule has 3 rings (SSSR count). The third-order valence-corrected chi connectivity index (χ3v) is 7.33. The molecule has 0 aliphatic carbocycles. The maximum absolute atomic E-state index is 11.9. The fourth-order valence-corrected chi connectivity index (χ4v) is 4.58. The van der Waals surface area contributed by atoms with Gasteiger partial charge in [0.2, 0.25) is 10.0 Å². The summed E-state index contributed by atoms with van der Waals surface area (Å²) in [4.78, 5) is 4.44. The summed E-state index contributed by atoms with van der Waals surface area (Å²) in [7, 11) is -3.24. The number of aliphatic hydroxyl groups is 1. The molecule has 3 atom stereocenters. The quantitative estimate of drug-likeness (QED) is 0.510. The number of rotatable bonds is 10. The van der Waals surface area contributed by atoms with Gasteiger partial charge < -0.3 is 14.6 Å². The van der Waals surface area contributed by atoms with Crippen molar-refractivity contribution in [2.75, 3.05) is 52.4 Å². The molecule has 31 heavy (non-hydrogen) atoms. The molecule has 0 radical (unpaired) electrons. The highest BCUT2D eigenvalue weighted by Gasteiger charge is 2.35. The van der Waals surface area contributed by atoms with Gasteiger partial charge in [-0.3, -0.25) is 9.80 Å². The van der Waals surface area contributed by atoms with E-state index in [1.54, 1.807) is 38.1 Å². The number of nitrogens with one attached hydrogen (secondary N) is 1. The molecular weight excluding hydrogens is 420 g/mol. The lowest BCUT2D eigenvalue weighted by Gasteiger charge is -2.46. The second-order valence-electron chi connectivity index (χ2n) is 8.45. The summed E-state index contributed by atoms with van der Waals surface area (Å²) >= 11 is 0. The van der Waals surface area contributed by atoms with Gasteiger partial charge in [-0.25, -0.2) is 13.1 Å². The van der Waals surface area contributed by atoms with Crippen LogP contribution in [0.15, 0.2) is 24.3 Å². The van der Waals surface area contributed by atoms with Crippen LogP contribution >= 0.6 is 0 Å². The van der Waals surface area contributed by atoms with Crippen molar-refractivity contribution < 1.29 is 23.0 Å². The van der Waals surface area contributed by atoms with Crippen molar-refractivity contribution in [3.63, 3.8) is 0 Å². The molecule has 9 nitrogen and oxygen atoms in total. The van der Waals surface area contributed by atoms with E-state index in [9.17, 15) is 13.5 Å². The van der Waals surface area contributed by atoms with Crippen molar-refractivity contribution in [2.24, 2.45) is 0 Å². The molecular formula is C21H32N4O5S. The van der Waals surface area contributed by atoms with Gasteiger partial charge in [-0.1, -0.05) is 0 Å². The molecule has 2 unspecified atom stereocenters. The highest BCUT2D eigenvalue weighted by Crippen LogP contribution is 2.19. The van der Waals surface area contributed by atoms with Crippen molar-refractivity contribution >= 4 is 10.0 Å². The number of nitriles is 1. The van der Waals surface area contributed by atoms with Crippen molar-refractivity contribution in [2.45, 2.75) is 37.4 Å². The van der Waals surface area contributed by atoms with E-state index < -0.39 is 21.4 Å². The number of β-amino-alcohol motifs (C(OH)–C–C–N with tert-alkyl or cyclic N) is 1. The van der Waals surface area contributed by atoms with Crippen LogP contribution in [0.3, 0.4) is 0 Å². The van der Waals surface area contributed by atoms with Crippen molar-refractivity contribution in [3.05, 3.63) is 29.8 Å². The number of hydrogen-bond acceptors (Lipinski definition) is 8. The van der Waals surface area contributed by atoms with E-state index in [0.29, 0.717) is 30.9 Å². The molecule has 0 amide bonds. The Bertz CT molecular complexity index is 842. The Hall–Kier alpha value is -1.74. The SMILES string of the molecule is CC(C)S(=O)(=O)NCCN1CC2CN(C[C@H](O)COc3ccc(C#N)cc3)CC(C1)O2. The van der Waals surface area contributed by atoms with Crippen LogP contribution in [0.25, 0.3) is 0 Å². The first kappa shape index (κ1) is 23.9. The zero-order valence-electron chi connectivity index (χ0n) is 18.1. The molecule has 0 aromatic heterocycles. The van der Waals surface area contributed by atoms with Crippen molar-refractivity contribution in [3.8, 4) is 11.8 Å². The second-order valence-corrected chi connectivity index (χ2v) is 10.8. The molecule has 2 saturated heterocycles. The largest absolute Gasteiger partial charge is 0.491 e. The van der Waals surface area contributed by atoms with E-state index in [-0.39, 0.29) is 18.8 Å². The minimum atomic E-state index is -3.24. The molecule has 172 valence electrons. The van der Waals surface area contributed by atoms with Gasteiger partial charge in [0.25, 0.3) is 0 Å².